The topological polar surface area (TPSA) is 21.3 Å². The van der Waals surface area contributed by atoms with Gasteiger partial charge in [0.05, 0.1) is 0 Å². The van der Waals surface area contributed by atoms with Crippen LogP contribution in [0.25, 0.3) is 0 Å². The predicted molar refractivity (Wildman–Crippen MR) is 72.1 cm³/mol. The van der Waals surface area contributed by atoms with Crippen molar-refractivity contribution >= 4 is 11.6 Å². The minimum atomic E-state index is 0.305. The molecule has 0 radical (unpaired) electrons. The van der Waals surface area contributed by atoms with E-state index in [1.165, 1.54) is 5.56 Å². The molecule has 2 atom stereocenters. The molecule has 1 N–H and O–H groups in total. The summed E-state index contributed by atoms with van der Waals surface area (Å²) in [4.78, 5) is 0. The van der Waals surface area contributed by atoms with E-state index in [1.807, 2.05) is 18.2 Å². The van der Waals surface area contributed by atoms with Crippen molar-refractivity contribution in [3.8, 4) is 5.75 Å². The first-order chi connectivity index (χ1) is 8.20. The van der Waals surface area contributed by atoms with Crippen molar-refractivity contribution in [1.82, 2.24) is 5.32 Å². The molecule has 0 bridgehead atoms. The second kappa shape index (κ2) is 5.74. The maximum absolute atomic E-state index is 6.07. The summed E-state index contributed by atoms with van der Waals surface area (Å²) in [5, 5.41) is 4.10. The molecule has 0 unspecified atom stereocenters. The average molecular weight is 254 g/mol. The number of hydrogen-bond donors (Lipinski definition) is 1. The van der Waals surface area contributed by atoms with Gasteiger partial charge in [-0.3, -0.25) is 0 Å². The van der Waals surface area contributed by atoms with Crippen LogP contribution in [0.5, 0.6) is 5.75 Å². The molecule has 2 nitrogen and oxygen atoms in total. The molecule has 2 rings (SSSR count). The molecule has 1 aliphatic heterocycles. The molecule has 1 heterocycles. The third kappa shape index (κ3) is 3.14. The number of hydrogen-bond acceptors (Lipinski definition) is 2. The fraction of sp³-hybridized carbons (Fsp3) is 0.571. The number of halogens is 1. The molecule has 1 aliphatic rings. The average Bonchev–Trinajstić information content (AvgIpc) is 2.83. The van der Waals surface area contributed by atoms with Crippen molar-refractivity contribution in [3.63, 3.8) is 0 Å². The molecule has 1 aromatic rings. The Kier molecular flexibility index (Phi) is 4.30. The summed E-state index contributed by atoms with van der Waals surface area (Å²) < 4.78 is 6.06. The van der Waals surface area contributed by atoms with Crippen molar-refractivity contribution in [2.45, 2.75) is 38.7 Å². The second-order valence-corrected chi connectivity index (χ2v) is 5.16. The van der Waals surface area contributed by atoms with Gasteiger partial charge in [0.1, 0.15) is 11.9 Å². The molecule has 0 spiro atoms. The predicted octanol–water partition coefficient (Wildman–Crippen LogP) is 3.59. The number of benzene rings is 1. The standard InChI is InChI=1S/C14H20ClNO/c1-3-10(2)13-8-11(15)4-5-14(13)17-12-6-7-16-9-12/h4-5,8,10,12,16H,3,6-7,9H2,1-2H3/t10-,12-/m0/s1. The van der Waals surface area contributed by atoms with Gasteiger partial charge in [-0.25, -0.2) is 0 Å². The van der Waals surface area contributed by atoms with Crippen molar-refractivity contribution in [2.24, 2.45) is 0 Å². The lowest BCUT2D eigenvalue weighted by Gasteiger charge is -2.19. The van der Waals surface area contributed by atoms with E-state index >= 15 is 0 Å². The number of nitrogens with one attached hydrogen (secondary N) is 1. The van der Waals surface area contributed by atoms with Gasteiger partial charge in [0, 0.05) is 11.6 Å². The van der Waals surface area contributed by atoms with Crippen LogP contribution >= 0.6 is 11.6 Å². The van der Waals surface area contributed by atoms with E-state index in [1.54, 1.807) is 0 Å². The zero-order valence-corrected chi connectivity index (χ0v) is 11.3. The van der Waals surface area contributed by atoms with Gasteiger partial charge in [0.2, 0.25) is 0 Å². The molecule has 94 valence electrons. The Morgan fingerprint density at radius 1 is 1.53 bits per heavy atom. The summed E-state index contributed by atoms with van der Waals surface area (Å²) in [6, 6.07) is 5.95. The smallest absolute Gasteiger partial charge is 0.123 e. The number of rotatable bonds is 4. The van der Waals surface area contributed by atoms with Gasteiger partial charge in [-0.2, -0.15) is 0 Å². The quantitative estimate of drug-likeness (QED) is 0.885. The molecule has 17 heavy (non-hydrogen) atoms. The van der Waals surface area contributed by atoms with E-state index in [9.17, 15) is 0 Å². The lowest BCUT2D eigenvalue weighted by Crippen LogP contribution is -2.20. The maximum Gasteiger partial charge on any atom is 0.123 e. The Hall–Kier alpha value is -0.730. The summed E-state index contributed by atoms with van der Waals surface area (Å²) in [6.07, 6.45) is 2.49. The third-order valence-corrected chi connectivity index (χ3v) is 3.66. The lowest BCUT2D eigenvalue weighted by molar-refractivity contribution is 0.220. The number of ether oxygens (including phenoxy) is 1. The highest BCUT2D eigenvalue weighted by Gasteiger charge is 2.19. The van der Waals surface area contributed by atoms with E-state index < -0.39 is 0 Å². The van der Waals surface area contributed by atoms with Crippen LogP contribution in [0.2, 0.25) is 5.02 Å². The molecule has 1 fully saturated rings. The Morgan fingerprint density at radius 2 is 2.35 bits per heavy atom. The Bertz CT molecular complexity index is 374. The van der Waals surface area contributed by atoms with Crippen LogP contribution in [0, 0.1) is 0 Å². The molecule has 3 heteroatoms. The molecular formula is C14H20ClNO. The van der Waals surface area contributed by atoms with Crippen molar-refractivity contribution in [1.29, 1.82) is 0 Å². The van der Waals surface area contributed by atoms with Crippen LogP contribution in [0.1, 0.15) is 38.2 Å². The highest BCUT2D eigenvalue weighted by molar-refractivity contribution is 6.30. The van der Waals surface area contributed by atoms with Gasteiger partial charge in [-0.15, -0.1) is 0 Å². The lowest BCUT2D eigenvalue weighted by atomic mass is 9.97. The Labute approximate surface area is 108 Å². The van der Waals surface area contributed by atoms with Crippen LogP contribution in [0.15, 0.2) is 18.2 Å². The van der Waals surface area contributed by atoms with E-state index in [0.717, 1.165) is 36.7 Å². The van der Waals surface area contributed by atoms with Crippen LogP contribution in [0.4, 0.5) is 0 Å². The Balaban J connectivity index is 2.19. The molecule has 0 amide bonds. The van der Waals surface area contributed by atoms with E-state index in [4.69, 9.17) is 16.3 Å². The monoisotopic (exact) mass is 253 g/mol. The minimum absolute atomic E-state index is 0.305. The van der Waals surface area contributed by atoms with Gasteiger partial charge in [-0.05, 0) is 49.1 Å². The Morgan fingerprint density at radius 3 is 3.00 bits per heavy atom. The summed E-state index contributed by atoms with van der Waals surface area (Å²) >= 11 is 6.07. The first kappa shape index (κ1) is 12.7. The van der Waals surface area contributed by atoms with E-state index in [-0.39, 0.29) is 0 Å². The first-order valence-corrected chi connectivity index (χ1v) is 6.75. The minimum Gasteiger partial charge on any atom is -0.489 e. The summed E-state index contributed by atoms with van der Waals surface area (Å²) in [5.74, 6) is 1.48. The van der Waals surface area contributed by atoms with Gasteiger partial charge in [0.25, 0.3) is 0 Å². The van der Waals surface area contributed by atoms with Crippen molar-refractivity contribution in [3.05, 3.63) is 28.8 Å². The van der Waals surface area contributed by atoms with Crippen LogP contribution < -0.4 is 10.1 Å². The third-order valence-electron chi connectivity index (χ3n) is 3.42. The fourth-order valence-corrected chi connectivity index (χ4v) is 2.32. The molecule has 0 aromatic heterocycles. The largest absolute Gasteiger partial charge is 0.489 e. The van der Waals surface area contributed by atoms with Crippen LogP contribution in [-0.4, -0.2) is 19.2 Å². The van der Waals surface area contributed by atoms with Gasteiger partial charge >= 0.3 is 0 Å². The van der Waals surface area contributed by atoms with Crippen molar-refractivity contribution in [2.75, 3.05) is 13.1 Å². The van der Waals surface area contributed by atoms with Gasteiger partial charge < -0.3 is 10.1 Å². The van der Waals surface area contributed by atoms with E-state index in [0.29, 0.717) is 12.0 Å². The normalized spacial score (nSPS) is 21.5. The van der Waals surface area contributed by atoms with Gasteiger partial charge in [-0.1, -0.05) is 25.4 Å². The van der Waals surface area contributed by atoms with Gasteiger partial charge in [0.15, 0.2) is 0 Å². The molecular weight excluding hydrogens is 234 g/mol. The highest BCUT2D eigenvalue weighted by Crippen LogP contribution is 2.32. The van der Waals surface area contributed by atoms with Crippen LogP contribution in [0.3, 0.4) is 0 Å². The van der Waals surface area contributed by atoms with Crippen LogP contribution in [-0.2, 0) is 0 Å². The fourth-order valence-electron chi connectivity index (χ4n) is 2.14. The summed E-state index contributed by atoms with van der Waals surface area (Å²) in [6.45, 7) is 6.40. The molecule has 1 aromatic carbocycles. The molecule has 1 saturated heterocycles. The SMILES string of the molecule is CC[C@H](C)c1cc(Cl)ccc1O[C@H]1CCNC1. The first-order valence-electron chi connectivity index (χ1n) is 6.37. The summed E-state index contributed by atoms with van der Waals surface area (Å²) in [7, 11) is 0. The maximum atomic E-state index is 6.07. The highest BCUT2D eigenvalue weighted by atomic mass is 35.5. The zero-order chi connectivity index (χ0) is 12.3. The van der Waals surface area contributed by atoms with Crippen molar-refractivity contribution < 1.29 is 4.74 Å². The molecule has 0 saturated carbocycles. The summed E-state index contributed by atoms with van der Waals surface area (Å²) in [5.41, 5.74) is 1.23. The zero-order valence-electron chi connectivity index (χ0n) is 10.5. The van der Waals surface area contributed by atoms with E-state index in [2.05, 4.69) is 19.2 Å². The molecule has 0 aliphatic carbocycles. The second-order valence-electron chi connectivity index (χ2n) is 4.72.